The second-order valence-electron chi connectivity index (χ2n) is 4.58. The van der Waals surface area contributed by atoms with Crippen molar-refractivity contribution >= 4 is 39.1 Å². The van der Waals surface area contributed by atoms with E-state index in [0.717, 1.165) is 23.3 Å². The zero-order valence-electron chi connectivity index (χ0n) is 10.3. The highest BCUT2D eigenvalue weighted by Gasteiger charge is 2.26. The molecule has 0 spiro atoms. The maximum absolute atomic E-state index is 14.1. The van der Waals surface area contributed by atoms with E-state index >= 15 is 0 Å². The van der Waals surface area contributed by atoms with E-state index < -0.39 is 4.83 Å². The molecule has 0 radical (unpaired) electrons. The first kappa shape index (κ1) is 14.2. The first-order valence-electron chi connectivity index (χ1n) is 6.11. The molecule has 0 bridgehead atoms. The van der Waals surface area contributed by atoms with Crippen LogP contribution in [0.4, 0.5) is 4.39 Å². The number of hydrogen-bond donors (Lipinski definition) is 0. The van der Waals surface area contributed by atoms with Gasteiger partial charge in [0.15, 0.2) is 0 Å². The lowest BCUT2D eigenvalue weighted by Crippen LogP contribution is -2.00. The van der Waals surface area contributed by atoms with Crippen molar-refractivity contribution in [1.82, 2.24) is 0 Å². The summed E-state index contributed by atoms with van der Waals surface area (Å²) in [7, 11) is 0. The monoisotopic (exact) mass is 374 g/mol. The third-order valence-corrected chi connectivity index (χ3v) is 4.80. The van der Waals surface area contributed by atoms with E-state index in [0.29, 0.717) is 22.2 Å². The summed E-state index contributed by atoms with van der Waals surface area (Å²) in [5.74, 6) is 0.418. The SMILES string of the molecule is Fc1cccc(Cl)c1C(Br)c1cc(Cl)cc2c1OCC2. The van der Waals surface area contributed by atoms with Gasteiger partial charge in [-0.25, -0.2) is 4.39 Å². The fraction of sp³-hybridized carbons (Fsp3) is 0.200. The summed E-state index contributed by atoms with van der Waals surface area (Å²) in [4.78, 5) is -0.401. The Labute approximate surface area is 134 Å². The quantitative estimate of drug-likeness (QED) is 0.625. The molecule has 5 heteroatoms. The Morgan fingerprint density at radius 1 is 1.25 bits per heavy atom. The van der Waals surface area contributed by atoms with Crippen LogP contribution >= 0.6 is 39.1 Å². The summed E-state index contributed by atoms with van der Waals surface area (Å²) in [5, 5.41) is 0.986. The van der Waals surface area contributed by atoms with Gasteiger partial charge in [0.05, 0.1) is 11.4 Å². The average Bonchev–Trinajstić information content (AvgIpc) is 2.85. The topological polar surface area (TPSA) is 9.23 Å². The van der Waals surface area contributed by atoms with Crippen LogP contribution in [0, 0.1) is 5.82 Å². The molecule has 0 aromatic heterocycles. The van der Waals surface area contributed by atoms with Crippen molar-refractivity contribution in [2.24, 2.45) is 0 Å². The van der Waals surface area contributed by atoms with Gasteiger partial charge in [0.25, 0.3) is 0 Å². The summed E-state index contributed by atoms with van der Waals surface area (Å²) in [6, 6.07) is 8.31. The van der Waals surface area contributed by atoms with Gasteiger partial charge in [0.1, 0.15) is 11.6 Å². The fourth-order valence-electron chi connectivity index (χ4n) is 2.39. The molecular formula is C15H10BrCl2FO. The molecule has 1 aliphatic heterocycles. The largest absolute Gasteiger partial charge is 0.493 e. The highest BCUT2D eigenvalue weighted by Crippen LogP contribution is 2.44. The predicted molar refractivity (Wildman–Crippen MR) is 82.8 cm³/mol. The minimum atomic E-state index is -0.401. The predicted octanol–water partition coefficient (Wildman–Crippen LogP) is 5.55. The smallest absolute Gasteiger partial charge is 0.129 e. The van der Waals surface area contributed by atoms with Gasteiger partial charge in [-0.2, -0.15) is 0 Å². The summed E-state index contributed by atoms with van der Waals surface area (Å²) < 4.78 is 19.7. The Kier molecular flexibility index (Phi) is 3.93. The molecule has 1 unspecified atom stereocenters. The van der Waals surface area contributed by atoms with Gasteiger partial charge in [0, 0.05) is 27.6 Å². The molecule has 3 rings (SSSR count). The van der Waals surface area contributed by atoms with Crippen LogP contribution in [0.2, 0.25) is 10.0 Å². The van der Waals surface area contributed by atoms with Crippen molar-refractivity contribution in [1.29, 1.82) is 0 Å². The van der Waals surface area contributed by atoms with Crippen molar-refractivity contribution in [2.45, 2.75) is 11.2 Å². The number of alkyl halides is 1. The summed E-state index contributed by atoms with van der Waals surface area (Å²) in [5.41, 5.74) is 2.25. The van der Waals surface area contributed by atoms with Crippen LogP contribution in [0.15, 0.2) is 30.3 Å². The zero-order valence-corrected chi connectivity index (χ0v) is 13.4. The lowest BCUT2D eigenvalue weighted by molar-refractivity contribution is 0.354. The molecule has 0 saturated heterocycles. The standard InChI is InChI=1S/C15H10BrCl2FO/c16-14(13-11(18)2-1-3-12(13)19)10-7-9(17)6-8-4-5-20-15(8)10/h1-3,6-7,14H,4-5H2. The molecule has 1 aliphatic rings. The first-order valence-corrected chi connectivity index (χ1v) is 7.78. The normalized spacial score (nSPS) is 14.8. The number of hydrogen-bond acceptors (Lipinski definition) is 1. The van der Waals surface area contributed by atoms with Crippen LogP contribution in [-0.2, 0) is 6.42 Å². The lowest BCUT2D eigenvalue weighted by atomic mass is 10.0. The molecular weight excluding hydrogens is 366 g/mol. The van der Waals surface area contributed by atoms with E-state index in [4.69, 9.17) is 27.9 Å². The summed E-state index contributed by atoms with van der Waals surface area (Å²) >= 11 is 15.8. The van der Waals surface area contributed by atoms with Crippen molar-refractivity contribution in [3.05, 3.63) is 62.9 Å². The minimum Gasteiger partial charge on any atom is -0.493 e. The number of rotatable bonds is 2. The molecule has 0 fully saturated rings. The Hall–Kier alpha value is -0.770. The van der Waals surface area contributed by atoms with Crippen LogP contribution in [0.25, 0.3) is 0 Å². The third kappa shape index (κ3) is 2.43. The molecule has 2 aromatic rings. The molecule has 0 N–H and O–H groups in total. The van der Waals surface area contributed by atoms with Gasteiger partial charge >= 0.3 is 0 Å². The van der Waals surface area contributed by atoms with Crippen LogP contribution in [0.1, 0.15) is 21.5 Å². The van der Waals surface area contributed by atoms with E-state index in [1.165, 1.54) is 6.07 Å². The molecule has 1 heterocycles. The molecule has 20 heavy (non-hydrogen) atoms. The fourth-order valence-corrected chi connectivity index (χ4v) is 3.85. The average molecular weight is 376 g/mol. The van der Waals surface area contributed by atoms with Gasteiger partial charge in [-0.05, 0) is 29.8 Å². The van der Waals surface area contributed by atoms with Crippen LogP contribution in [0.3, 0.4) is 0 Å². The Morgan fingerprint density at radius 2 is 2.05 bits per heavy atom. The highest BCUT2D eigenvalue weighted by atomic mass is 79.9. The molecule has 1 atom stereocenters. The third-order valence-electron chi connectivity index (χ3n) is 3.30. The van der Waals surface area contributed by atoms with Crippen molar-refractivity contribution in [3.8, 4) is 5.75 Å². The number of ether oxygens (including phenoxy) is 1. The highest BCUT2D eigenvalue weighted by molar-refractivity contribution is 9.09. The van der Waals surface area contributed by atoms with Gasteiger partial charge in [0.2, 0.25) is 0 Å². The van der Waals surface area contributed by atoms with E-state index in [2.05, 4.69) is 15.9 Å². The molecule has 0 saturated carbocycles. The number of fused-ring (bicyclic) bond motifs is 1. The van der Waals surface area contributed by atoms with Gasteiger partial charge in [-0.3, -0.25) is 0 Å². The Morgan fingerprint density at radius 3 is 2.80 bits per heavy atom. The minimum absolute atomic E-state index is 0.355. The van der Waals surface area contributed by atoms with Gasteiger partial charge < -0.3 is 4.74 Å². The second kappa shape index (κ2) is 5.55. The Balaban J connectivity index is 2.14. The first-order chi connectivity index (χ1) is 9.58. The molecule has 0 amide bonds. The Bertz CT molecular complexity index is 655. The van der Waals surface area contributed by atoms with Crippen molar-refractivity contribution in [2.75, 3.05) is 6.61 Å². The molecule has 104 valence electrons. The van der Waals surface area contributed by atoms with Crippen LogP contribution < -0.4 is 4.74 Å². The van der Waals surface area contributed by atoms with Gasteiger partial charge in [-0.15, -0.1) is 0 Å². The van der Waals surface area contributed by atoms with E-state index in [9.17, 15) is 4.39 Å². The summed E-state index contributed by atoms with van der Waals surface area (Å²) in [6.07, 6.45) is 0.813. The lowest BCUT2D eigenvalue weighted by Gasteiger charge is -2.17. The molecule has 1 nitrogen and oxygen atoms in total. The number of benzene rings is 2. The maximum Gasteiger partial charge on any atom is 0.129 e. The zero-order chi connectivity index (χ0) is 14.3. The van der Waals surface area contributed by atoms with Gasteiger partial charge in [-0.1, -0.05) is 45.2 Å². The molecule has 0 aliphatic carbocycles. The second-order valence-corrected chi connectivity index (χ2v) is 6.34. The van der Waals surface area contributed by atoms with E-state index in [1.54, 1.807) is 18.2 Å². The summed E-state index contributed by atoms with van der Waals surface area (Å²) in [6.45, 7) is 0.618. The maximum atomic E-state index is 14.1. The van der Waals surface area contributed by atoms with E-state index in [-0.39, 0.29) is 5.82 Å². The van der Waals surface area contributed by atoms with Crippen LogP contribution in [0.5, 0.6) is 5.75 Å². The van der Waals surface area contributed by atoms with Crippen LogP contribution in [-0.4, -0.2) is 6.61 Å². The van der Waals surface area contributed by atoms with E-state index in [1.807, 2.05) is 6.07 Å². The van der Waals surface area contributed by atoms with Crippen molar-refractivity contribution in [3.63, 3.8) is 0 Å². The van der Waals surface area contributed by atoms with Crippen molar-refractivity contribution < 1.29 is 9.13 Å². The molecule has 2 aromatic carbocycles. The number of halogens is 4.